The normalized spacial score (nSPS) is 29.8. The van der Waals surface area contributed by atoms with Gasteiger partial charge in [-0.2, -0.15) is 0 Å². The molecule has 3 fully saturated rings. The monoisotopic (exact) mass is 801 g/mol. The maximum Gasteiger partial charge on any atom is 0.254 e. The van der Waals surface area contributed by atoms with Gasteiger partial charge in [0.25, 0.3) is 11.8 Å². The average molecular weight is 804 g/mol. The number of imide groups is 2. The summed E-state index contributed by atoms with van der Waals surface area (Å²) in [6.45, 7) is 0. The average Bonchev–Trinajstić information content (AvgIpc) is 3.40. The minimum absolute atomic E-state index is 0.115. The van der Waals surface area contributed by atoms with Crippen molar-refractivity contribution in [3.8, 4) is 11.5 Å². The lowest BCUT2D eigenvalue weighted by atomic mass is 9.56. The number of methoxy groups -OCH3 is 1. The second kappa shape index (κ2) is 11.6. The van der Waals surface area contributed by atoms with Crippen LogP contribution in [0.5, 0.6) is 11.5 Å². The number of fused-ring (bicyclic) bond motifs is 4. The summed E-state index contributed by atoms with van der Waals surface area (Å²) in [7, 11) is 1.39. The standard InChI is InChI=1S/C34H27Br2Cl2N3O6/c1-47-25-14-17(13-24(36)28(25)42)27-21-11-12-22-26(23(21)15-33(37)31(45)40(16-35)32(46)34(27,33)38)30(44)41(29(22)43)20-9-7-19(8-10-20)39-18-5-3-2-4-6-18/h2-11,13-14,22-23,26-27,39,42H,12,15-16H2,1H3. The highest BCUT2D eigenvalue weighted by molar-refractivity contribution is 9.10. The third-order valence-corrected chi connectivity index (χ3v) is 12.3. The highest BCUT2D eigenvalue weighted by atomic mass is 79.9. The quantitative estimate of drug-likeness (QED) is 0.122. The number of carbonyl (C=O) groups is 4. The van der Waals surface area contributed by atoms with Crippen LogP contribution >= 0.6 is 55.1 Å². The Kier molecular flexibility index (Phi) is 7.97. The van der Waals surface area contributed by atoms with Crippen molar-refractivity contribution >= 4 is 95.8 Å². The third-order valence-electron chi connectivity index (χ3n) is 9.81. The van der Waals surface area contributed by atoms with E-state index in [-0.39, 0.29) is 40.2 Å². The summed E-state index contributed by atoms with van der Waals surface area (Å²) in [5.41, 5.74) is 3.08. The molecule has 3 aromatic carbocycles. The number of allylic oxidation sites excluding steroid dienone is 2. The van der Waals surface area contributed by atoms with E-state index in [2.05, 4.69) is 37.2 Å². The molecule has 0 spiro atoms. The van der Waals surface area contributed by atoms with Crippen molar-refractivity contribution in [2.45, 2.75) is 28.5 Å². The number of likely N-dealkylation sites (tertiary alicyclic amines) is 1. The van der Waals surface area contributed by atoms with E-state index in [1.54, 1.807) is 36.4 Å². The SMILES string of the molecule is COc1cc(C2C3=CCC4C(=O)N(c5ccc(Nc6ccccc6)cc5)C(=O)C4C3CC3(Cl)C(=O)N(CBr)C(=O)C23Cl)cc(Br)c1O. The smallest absolute Gasteiger partial charge is 0.254 e. The Morgan fingerprint density at radius 1 is 0.957 bits per heavy atom. The van der Waals surface area contributed by atoms with Crippen LogP contribution in [0.1, 0.15) is 24.3 Å². The Morgan fingerprint density at radius 3 is 2.30 bits per heavy atom. The number of ether oxygens (including phenoxy) is 1. The molecule has 0 radical (unpaired) electrons. The van der Waals surface area contributed by atoms with E-state index in [9.17, 15) is 24.3 Å². The molecular weight excluding hydrogens is 777 g/mol. The molecule has 0 bridgehead atoms. The van der Waals surface area contributed by atoms with Gasteiger partial charge in [-0.05, 0) is 88.8 Å². The van der Waals surface area contributed by atoms with Gasteiger partial charge < -0.3 is 15.2 Å². The lowest BCUT2D eigenvalue weighted by Gasteiger charge is -2.50. The minimum atomic E-state index is -1.97. The van der Waals surface area contributed by atoms with Crippen LogP contribution in [0, 0.1) is 17.8 Å². The maximum atomic E-state index is 14.3. The van der Waals surface area contributed by atoms with Gasteiger partial charge in [0.1, 0.15) is 0 Å². The Morgan fingerprint density at radius 2 is 1.64 bits per heavy atom. The molecule has 4 aliphatic rings. The number of nitrogens with zero attached hydrogens (tertiary/aromatic N) is 2. The van der Waals surface area contributed by atoms with Crippen LogP contribution in [0.4, 0.5) is 17.1 Å². The maximum absolute atomic E-state index is 14.3. The molecule has 13 heteroatoms. The Balaban J connectivity index is 1.30. The molecule has 4 amide bonds. The second-order valence-corrected chi connectivity index (χ2v) is 14.7. The number of para-hydroxylation sites is 1. The first-order valence-corrected chi connectivity index (χ1v) is 17.5. The van der Waals surface area contributed by atoms with Crippen LogP contribution in [0.2, 0.25) is 0 Å². The number of carbonyl (C=O) groups excluding carboxylic acids is 4. The van der Waals surface area contributed by atoms with Crippen molar-refractivity contribution in [3.63, 3.8) is 0 Å². The minimum Gasteiger partial charge on any atom is -0.503 e. The second-order valence-electron chi connectivity index (χ2n) is 12.1. The zero-order valence-electron chi connectivity index (χ0n) is 24.8. The first-order valence-electron chi connectivity index (χ1n) is 14.8. The number of aromatic hydroxyl groups is 1. The van der Waals surface area contributed by atoms with Crippen molar-refractivity contribution in [2.24, 2.45) is 17.8 Å². The van der Waals surface area contributed by atoms with Gasteiger partial charge in [-0.25, -0.2) is 0 Å². The number of rotatable bonds is 6. The number of benzene rings is 3. The predicted octanol–water partition coefficient (Wildman–Crippen LogP) is 6.82. The van der Waals surface area contributed by atoms with Crippen molar-refractivity contribution < 1.29 is 29.0 Å². The summed E-state index contributed by atoms with van der Waals surface area (Å²) < 4.78 is 5.68. The fourth-order valence-electron chi connectivity index (χ4n) is 7.68. The predicted molar refractivity (Wildman–Crippen MR) is 184 cm³/mol. The van der Waals surface area contributed by atoms with E-state index in [1.165, 1.54) is 12.0 Å². The highest BCUT2D eigenvalue weighted by Crippen LogP contribution is 2.66. The number of alkyl halides is 3. The van der Waals surface area contributed by atoms with E-state index in [1.807, 2.05) is 36.4 Å². The molecular formula is C34H27Br2Cl2N3O6. The Labute approximate surface area is 297 Å². The molecule has 2 aliphatic heterocycles. The molecule has 3 aromatic rings. The summed E-state index contributed by atoms with van der Waals surface area (Å²) in [6, 6.07) is 19.8. The number of halogens is 4. The zero-order chi connectivity index (χ0) is 33.4. The summed E-state index contributed by atoms with van der Waals surface area (Å²) in [6.07, 6.45) is 1.96. The van der Waals surface area contributed by atoms with Crippen LogP contribution < -0.4 is 15.0 Å². The number of hydrogen-bond donors (Lipinski definition) is 2. The number of hydrogen-bond acceptors (Lipinski definition) is 7. The fraction of sp³-hybridized carbons (Fsp3) is 0.294. The van der Waals surface area contributed by atoms with Gasteiger partial charge >= 0.3 is 0 Å². The lowest BCUT2D eigenvalue weighted by Crippen LogP contribution is -2.60. The van der Waals surface area contributed by atoms with Gasteiger partial charge in [0, 0.05) is 17.3 Å². The van der Waals surface area contributed by atoms with E-state index in [0.717, 1.165) is 16.3 Å². The van der Waals surface area contributed by atoms with Crippen molar-refractivity contribution in [1.82, 2.24) is 4.90 Å². The molecule has 2 heterocycles. The van der Waals surface area contributed by atoms with Crippen LogP contribution in [-0.2, 0) is 19.2 Å². The molecule has 2 saturated heterocycles. The topological polar surface area (TPSA) is 116 Å². The van der Waals surface area contributed by atoms with E-state index >= 15 is 0 Å². The van der Waals surface area contributed by atoms with E-state index in [0.29, 0.717) is 16.8 Å². The number of anilines is 3. The van der Waals surface area contributed by atoms with Gasteiger partial charge in [0.15, 0.2) is 21.2 Å². The number of nitrogens with one attached hydrogen (secondary N) is 1. The zero-order valence-corrected chi connectivity index (χ0v) is 29.4. The Hall–Kier alpha value is -3.38. The number of amides is 4. The molecule has 1 saturated carbocycles. The first kappa shape index (κ1) is 32.2. The first-order chi connectivity index (χ1) is 22.5. The summed E-state index contributed by atoms with van der Waals surface area (Å²) >= 11 is 21.2. The number of phenolic OH excluding ortho intramolecular Hbond substituents is 1. The largest absolute Gasteiger partial charge is 0.503 e. The van der Waals surface area contributed by atoms with Crippen LogP contribution in [-0.4, -0.2) is 55.9 Å². The van der Waals surface area contributed by atoms with Crippen molar-refractivity contribution in [3.05, 3.63) is 88.4 Å². The molecule has 6 unspecified atom stereocenters. The molecule has 6 atom stereocenters. The molecule has 7 rings (SSSR count). The fourth-order valence-corrected chi connectivity index (χ4v) is 9.56. The van der Waals surface area contributed by atoms with Gasteiger partial charge in [0.05, 0.1) is 34.6 Å². The Bertz CT molecular complexity index is 1880. The van der Waals surface area contributed by atoms with Gasteiger partial charge in [0.2, 0.25) is 11.8 Å². The van der Waals surface area contributed by atoms with Crippen molar-refractivity contribution in [1.29, 1.82) is 0 Å². The third kappa shape index (κ3) is 4.60. The summed E-state index contributed by atoms with van der Waals surface area (Å²) in [4.78, 5) is 54.4. The van der Waals surface area contributed by atoms with Crippen LogP contribution in [0.3, 0.4) is 0 Å². The molecule has 47 heavy (non-hydrogen) atoms. The van der Waals surface area contributed by atoms with Crippen LogP contribution in [0.25, 0.3) is 0 Å². The van der Waals surface area contributed by atoms with Gasteiger partial charge in [-0.15, -0.1) is 23.2 Å². The summed E-state index contributed by atoms with van der Waals surface area (Å²) in [5.74, 6) is -5.35. The highest BCUT2D eigenvalue weighted by Gasteiger charge is 2.76. The molecule has 9 nitrogen and oxygen atoms in total. The van der Waals surface area contributed by atoms with Crippen LogP contribution in [0.15, 0.2) is 82.9 Å². The number of phenols is 1. The molecule has 0 aromatic heterocycles. The van der Waals surface area contributed by atoms with Crippen molar-refractivity contribution in [2.75, 3.05) is 22.8 Å². The summed E-state index contributed by atoms with van der Waals surface area (Å²) in [5, 5.41) is 13.9. The van der Waals surface area contributed by atoms with E-state index < -0.39 is 51.1 Å². The van der Waals surface area contributed by atoms with E-state index in [4.69, 9.17) is 27.9 Å². The molecule has 2 N–H and O–H groups in total. The lowest BCUT2D eigenvalue weighted by molar-refractivity contribution is -0.138. The molecule has 242 valence electrons. The molecule has 2 aliphatic carbocycles. The van der Waals surface area contributed by atoms with Gasteiger partial charge in [-0.3, -0.25) is 29.0 Å². The van der Waals surface area contributed by atoms with Gasteiger partial charge in [-0.1, -0.05) is 45.8 Å².